The molecular formula is C19H18BrN5. The normalized spacial score (nSPS) is 22.8. The molecule has 6 rings (SSSR count). The van der Waals surface area contributed by atoms with Gasteiger partial charge in [0.15, 0.2) is 0 Å². The Bertz CT molecular complexity index is 896. The quantitative estimate of drug-likeness (QED) is 0.680. The van der Waals surface area contributed by atoms with Gasteiger partial charge in [0.2, 0.25) is 0 Å². The van der Waals surface area contributed by atoms with Crippen LogP contribution in [0, 0.1) is 0 Å². The minimum atomic E-state index is 0.535. The lowest BCUT2D eigenvalue weighted by atomic mass is 9.87. The molecule has 3 saturated heterocycles. The third-order valence-electron chi connectivity index (χ3n) is 5.21. The first-order valence-electron chi connectivity index (χ1n) is 8.59. The van der Waals surface area contributed by atoms with Crippen molar-refractivity contribution >= 4 is 32.7 Å². The summed E-state index contributed by atoms with van der Waals surface area (Å²) >= 11 is 3.45. The molecule has 2 aromatic heterocycles. The molecule has 2 bridgehead atoms. The summed E-state index contributed by atoms with van der Waals surface area (Å²) in [6.07, 6.45) is 4.82. The van der Waals surface area contributed by atoms with Crippen molar-refractivity contribution in [3.05, 3.63) is 59.1 Å². The van der Waals surface area contributed by atoms with Crippen LogP contribution < -0.4 is 4.90 Å². The standard InChI is InChI=1S/C19H18BrN5/c20-13-5-6-14(21-8-13)9-24-10-15-7-16(11-24)25(15)19-17-3-1-2-4-18(17)22-12-23-19/h1-6,8,12,15-16H,7,9-11H2. The number of rotatable bonds is 3. The average Bonchev–Trinajstić information content (AvgIpc) is 2.64. The molecule has 0 saturated carbocycles. The van der Waals surface area contributed by atoms with Crippen molar-refractivity contribution < 1.29 is 0 Å². The minimum absolute atomic E-state index is 0.535. The Morgan fingerprint density at radius 2 is 1.84 bits per heavy atom. The third-order valence-corrected chi connectivity index (χ3v) is 5.68. The monoisotopic (exact) mass is 395 g/mol. The summed E-state index contributed by atoms with van der Waals surface area (Å²) in [5.74, 6) is 1.09. The predicted molar refractivity (Wildman–Crippen MR) is 101 cm³/mol. The van der Waals surface area contributed by atoms with E-state index in [-0.39, 0.29) is 0 Å². The highest BCUT2D eigenvalue weighted by Crippen LogP contribution is 2.38. The average molecular weight is 396 g/mol. The summed E-state index contributed by atoms with van der Waals surface area (Å²) in [5.41, 5.74) is 2.15. The van der Waals surface area contributed by atoms with E-state index < -0.39 is 0 Å². The van der Waals surface area contributed by atoms with E-state index in [1.54, 1.807) is 6.33 Å². The van der Waals surface area contributed by atoms with Crippen molar-refractivity contribution in [3.8, 4) is 0 Å². The smallest absolute Gasteiger partial charge is 0.140 e. The maximum absolute atomic E-state index is 4.61. The lowest BCUT2D eigenvalue weighted by Crippen LogP contribution is -2.69. The first-order chi connectivity index (χ1) is 12.3. The molecule has 25 heavy (non-hydrogen) atoms. The number of fused-ring (bicyclic) bond motifs is 3. The Hall–Kier alpha value is -2.05. The zero-order valence-electron chi connectivity index (χ0n) is 13.7. The van der Waals surface area contributed by atoms with Crippen molar-refractivity contribution in [2.24, 2.45) is 0 Å². The van der Waals surface area contributed by atoms with Gasteiger partial charge in [-0.15, -0.1) is 0 Å². The second-order valence-corrected chi connectivity index (χ2v) is 7.74. The number of piperazine rings is 1. The van der Waals surface area contributed by atoms with Crippen LogP contribution in [0.15, 0.2) is 53.4 Å². The van der Waals surface area contributed by atoms with Gasteiger partial charge in [-0.3, -0.25) is 9.88 Å². The molecule has 1 aromatic carbocycles. The Kier molecular flexibility index (Phi) is 3.68. The van der Waals surface area contributed by atoms with E-state index in [0.29, 0.717) is 12.1 Å². The minimum Gasteiger partial charge on any atom is -0.347 e. The van der Waals surface area contributed by atoms with E-state index >= 15 is 0 Å². The third kappa shape index (κ3) is 2.69. The molecule has 0 spiro atoms. The molecule has 3 aliphatic rings. The molecule has 0 N–H and O–H groups in total. The Morgan fingerprint density at radius 3 is 2.64 bits per heavy atom. The highest BCUT2D eigenvalue weighted by atomic mass is 79.9. The first-order valence-corrected chi connectivity index (χ1v) is 9.38. The molecule has 3 aromatic rings. The lowest BCUT2D eigenvalue weighted by molar-refractivity contribution is 0.107. The van der Waals surface area contributed by atoms with Gasteiger partial charge in [0.25, 0.3) is 0 Å². The second kappa shape index (κ2) is 6.04. The molecule has 5 heterocycles. The molecule has 0 aliphatic carbocycles. The largest absolute Gasteiger partial charge is 0.347 e. The second-order valence-electron chi connectivity index (χ2n) is 6.83. The van der Waals surface area contributed by atoms with Gasteiger partial charge in [0.1, 0.15) is 12.1 Å². The maximum Gasteiger partial charge on any atom is 0.140 e. The van der Waals surface area contributed by atoms with Gasteiger partial charge in [-0.25, -0.2) is 9.97 Å². The van der Waals surface area contributed by atoms with Gasteiger partial charge in [-0.2, -0.15) is 0 Å². The van der Waals surface area contributed by atoms with E-state index in [0.717, 1.165) is 46.5 Å². The number of halogens is 1. The summed E-state index contributed by atoms with van der Waals surface area (Å²) in [5, 5.41) is 1.16. The first kappa shape index (κ1) is 15.2. The van der Waals surface area contributed by atoms with Gasteiger partial charge in [-0.05, 0) is 46.6 Å². The summed E-state index contributed by atoms with van der Waals surface area (Å²) in [7, 11) is 0. The molecule has 126 valence electrons. The van der Waals surface area contributed by atoms with Crippen LogP contribution in [0.5, 0.6) is 0 Å². The topological polar surface area (TPSA) is 45.2 Å². The van der Waals surface area contributed by atoms with Crippen LogP contribution in [-0.4, -0.2) is 45.0 Å². The zero-order valence-corrected chi connectivity index (χ0v) is 15.3. The lowest BCUT2D eigenvalue weighted by Gasteiger charge is -2.57. The van der Waals surface area contributed by atoms with E-state index in [1.807, 2.05) is 12.3 Å². The number of anilines is 1. The highest BCUT2D eigenvalue weighted by Gasteiger charge is 2.45. The molecule has 3 fully saturated rings. The van der Waals surface area contributed by atoms with Crippen molar-refractivity contribution in [2.75, 3.05) is 18.0 Å². The molecular weight excluding hydrogens is 378 g/mol. The number of pyridine rings is 1. The number of benzene rings is 1. The van der Waals surface area contributed by atoms with Gasteiger partial charge in [0, 0.05) is 47.8 Å². The van der Waals surface area contributed by atoms with E-state index in [1.165, 1.54) is 6.42 Å². The predicted octanol–water partition coefficient (Wildman–Crippen LogP) is 3.25. The van der Waals surface area contributed by atoms with Gasteiger partial charge in [0.05, 0.1) is 11.2 Å². The van der Waals surface area contributed by atoms with Gasteiger partial charge in [-0.1, -0.05) is 12.1 Å². The van der Waals surface area contributed by atoms with Crippen molar-refractivity contribution in [3.63, 3.8) is 0 Å². The van der Waals surface area contributed by atoms with Crippen molar-refractivity contribution in [2.45, 2.75) is 25.0 Å². The molecule has 2 atom stereocenters. The number of hydrogen-bond acceptors (Lipinski definition) is 5. The SMILES string of the molecule is Brc1ccc(CN2CC3CC(C2)N3c2ncnc3ccccc23)nc1. The Labute approximate surface area is 154 Å². The van der Waals surface area contributed by atoms with E-state index in [9.17, 15) is 0 Å². The zero-order chi connectivity index (χ0) is 16.8. The van der Waals surface area contributed by atoms with Crippen LogP contribution in [0.25, 0.3) is 10.9 Å². The van der Waals surface area contributed by atoms with Gasteiger partial charge >= 0.3 is 0 Å². The molecule has 0 amide bonds. The van der Waals surface area contributed by atoms with Crippen molar-refractivity contribution in [1.29, 1.82) is 0 Å². The number of nitrogens with zero attached hydrogens (tertiary/aromatic N) is 5. The number of piperidine rings is 1. The fourth-order valence-corrected chi connectivity index (χ4v) is 4.33. The maximum atomic E-state index is 4.61. The number of para-hydroxylation sites is 1. The highest BCUT2D eigenvalue weighted by molar-refractivity contribution is 9.10. The number of hydrogen-bond donors (Lipinski definition) is 0. The van der Waals surface area contributed by atoms with Crippen LogP contribution in [0.2, 0.25) is 0 Å². The molecule has 6 heteroatoms. The van der Waals surface area contributed by atoms with Crippen LogP contribution in [0.3, 0.4) is 0 Å². The molecule has 5 nitrogen and oxygen atoms in total. The Balaban J connectivity index is 1.35. The summed E-state index contributed by atoms with van der Waals surface area (Å²) in [6.45, 7) is 3.04. The summed E-state index contributed by atoms with van der Waals surface area (Å²) < 4.78 is 1.03. The van der Waals surface area contributed by atoms with Crippen molar-refractivity contribution in [1.82, 2.24) is 19.9 Å². The molecule has 0 radical (unpaired) electrons. The number of aromatic nitrogens is 3. The Morgan fingerprint density at radius 1 is 1.00 bits per heavy atom. The summed E-state index contributed by atoms with van der Waals surface area (Å²) in [4.78, 5) is 18.5. The van der Waals surface area contributed by atoms with Crippen LogP contribution >= 0.6 is 15.9 Å². The summed E-state index contributed by atoms with van der Waals surface area (Å²) in [6, 6.07) is 13.5. The van der Waals surface area contributed by atoms with E-state index in [2.05, 4.69) is 71.0 Å². The fraction of sp³-hybridized carbons (Fsp3) is 0.316. The molecule has 3 aliphatic heterocycles. The fourth-order valence-electron chi connectivity index (χ4n) is 4.10. The molecule has 2 unspecified atom stereocenters. The van der Waals surface area contributed by atoms with Crippen LogP contribution in [0.4, 0.5) is 5.82 Å². The van der Waals surface area contributed by atoms with Crippen LogP contribution in [0.1, 0.15) is 12.1 Å². The van der Waals surface area contributed by atoms with Gasteiger partial charge < -0.3 is 4.90 Å². The van der Waals surface area contributed by atoms with Crippen LogP contribution in [-0.2, 0) is 6.54 Å². The van der Waals surface area contributed by atoms with E-state index in [4.69, 9.17) is 0 Å².